The van der Waals surface area contributed by atoms with Crippen LogP contribution in [-0.4, -0.2) is 29.3 Å². The number of methoxy groups -OCH3 is 1. The lowest BCUT2D eigenvalue weighted by molar-refractivity contribution is 0.277. The van der Waals surface area contributed by atoms with Crippen molar-refractivity contribution in [3.8, 4) is 17.2 Å². The van der Waals surface area contributed by atoms with Crippen molar-refractivity contribution < 1.29 is 9.15 Å². The van der Waals surface area contributed by atoms with Crippen molar-refractivity contribution in [2.24, 2.45) is 0 Å². The molecule has 0 unspecified atom stereocenters. The van der Waals surface area contributed by atoms with Gasteiger partial charge in [-0.25, -0.2) is 0 Å². The van der Waals surface area contributed by atoms with Crippen LogP contribution >= 0.6 is 23.2 Å². The molecule has 0 radical (unpaired) electrons. The highest BCUT2D eigenvalue weighted by Crippen LogP contribution is 2.29. The van der Waals surface area contributed by atoms with Gasteiger partial charge in [-0.1, -0.05) is 41.4 Å². The molecule has 0 spiro atoms. The second kappa shape index (κ2) is 7.87. The van der Waals surface area contributed by atoms with E-state index in [1.54, 1.807) is 25.3 Å². The molecule has 0 aliphatic rings. The molecule has 0 saturated carbocycles. The van der Waals surface area contributed by atoms with E-state index in [9.17, 15) is 0 Å². The maximum Gasteiger partial charge on any atom is 0.249 e. The molecule has 25 heavy (non-hydrogen) atoms. The zero-order chi connectivity index (χ0) is 17.8. The van der Waals surface area contributed by atoms with E-state index >= 15 is 0 Å². The molecular formula is C18H17Cl2N3O2. The molecule has 3 aromatic rings. The van der Waals surface area contributed by atoms with E-state index < -0.39 is 0 Å². The predicted octanol–water partition coefficient (Wildman–Crippen LogP) is 4.68. The average molecular weight is 378 g/mol. The molecule has 2 aromatic carbocycles. The summed E-state index contributed by atoms with van der Waals surface area (Å²) >= 11 is 12.1. The minimum absolute atomic E-state index is 0.377. The number of hydrogen-bond donors (Lipinski definition) is 0. The number of ether oxygens (including phenoxy) is 1. The Kier molecular flexibility index (Phi) is 5.58. The molecule has 0 bridgehead atoms. The molecular weight excluding hydrogens is 361 g/mol. The van der Waals surface area contributed by atoms with Crippen molar-refractivity contribution in [3.63, 3.8) is 0 Å². The fourth-order valence-corrected chi connectivity index (χ4v) is 2.99. The van der Waals surface area contributed by atoms with Crippen LogP contribution in [0.5, 0.6) is 5.75 Å². The normalized spacial score (nSPS) is 11.1. The van der Waals surface area contributed by atoms with Crippen LogP contribution in [0.25, 0.3) is 11.5 Å². The van der Waals surface area contributed by atoms with Crippen LogP contribution in [0.1, 0.15) is 11.5 Å². The van der Waals surface area contributed by atoms with E-state index in [0.717, 1.165) is 11.3 Å². The van der Waals surface area contributed by atoms with Gasteiger partial charge in [-0.2, -0.15) is 0 Å². The summed E-state index contributed by atoms with van der Waals surface area (Å²) in [5.41, 5.74) is 1.75. The number of hydrogen-bond acceptors (Lipinski definition) is 5. The minimum Gasteiger partial charge on any atom is -0.496 e. The third-order valence-electron chi connectivity index (χ3n) is 3.67. The number of halogens is 2. The zero-order valence-electron chi connectivity index (χ0n) is 13.9. The maximum absolute atomic E-state index is 6.18. The van der Waals surface area contributed by atoms with Gasteiger partial charge in [0.05, 0.1) is 24.2 Å². The molecule has 130 valence electrons. The van der Waals surface area contributed by atoms with E-state index in [-0.39, 0.29) is 0 Å². The third kappa shape index (κ3) is 4.31. The molecule has 0 fully saturated rings. The smallest absolute Gasteiger partial charge is 0.249 e. The largest absolute Gasteiger partial charge is 0.496 e. The monoisotopic (exact) mass is 377 g/mol. The van der Waals surface area contributed by atoms with Crippen LogP contribution in [0, 0.1) is 0 Å². The highest BCUT2D eigenvalue weighted by molar-refractivity contribution is 6.36. The van der Waals surface area contributed by atoms with Crippen molar-refractivity contribution in [2.45, 2.75) is 13.1 Å². The quantitative estimate of drug-likeness (QED) is 0.623. The van der Waals surface area contributed by atoms with Crippen LogP contribution in [0.2, 0.25) is 10.0 Å². The minimum atomic E-state index is 0.377. The number of para-hydroxylation sites is 1. The molecule has 0 amide bonds. The SMILES string of the molecule is COc1ccccc1CN(C)Cc1nnc(-c2ccc(Cl)cc2Cl)o1. The molecule has 0 aliphatic heterocycles. The van der Waals surface area contributed by atoms with Gasteiger partial charge in [0.15, 0.2) is 0 Å². The fourth-order valence-electron chi connectivity index (χ4n) is 2.50. The van der Waals surface area contributed by atoms with E-state index in [0.29, 0.717) is 40.5 Å². The van der Waals surface area contributed by atoms with Gasteiger partial charge in [0.2, 0.25) is 11.8 Å². The fraction of sp³-hybridized carbons (Fsp3) is 0.222. The van der Waals surface area contributed by atoms with Gasteiger partial charge in [-0.3, -0.25) is 4.90 Å². The molecule has 1 aromatic heterocycles. The molecule has 0 N–H and O–H groups in total. The summed E-state index contributed by atoms with van der Waals surface area (Å²) in [7, 11) is 3.64. The molecule has 0 aliphatic carbocycles. The highest BCUT2D eigenvalue weighted by atomic mass is 35.5. The Morgan fingerprint density at radius 1 is 1.08 bits per heavy atom. The van der Waals surface area contributed by atoms with Gasteiger partial charge in [-0.05, 0) is 31.3 Å². The first-order valence-electron chi connectivity index (χ1n) is 7.65. The van der Waals surface area contributed by atoms with E-state index in [1.165, 1.54) is 0 Å². The van der Waals surface area contributed by atoms with Gasteiger partial charge >= 0.3 is 0 Å². The maximum atomic E-state index is 6.18. The number of benzene rings is 2. The topological polar surface area (TPSA) is 51.4 Å². The predicted molar refractivity (Wildman–Crippen MR) is 97.9 cm³/mol. The number of aromatic nitrogens is 2. The first-order valence-corrected chi connectivity index (χ1v) is 8.40. The van der Waals surface area contributed by atoms with Gasteiger partial charge in [-0.15, -0.1) is 10.2 Å². The lowest BCUT2D eigenvalue weighted by Gasteiger charge is -2.16. The Balaban J connectivity index is 1.70. The molecule has 1 heterocycles. The summed E-state index contributed by atoms with van der Waals surface area (Å²) in [6.45, 7) is 1.21. The Hall–Kier alpha value is -2.08. The van der Waals surface area contributed by atoms with Gasteiger partial charge in [0, 0.05) is 17.1 Å². The lowest BCUT2D eigenvalue weighted by Crippen LogP contribution is -2.17. The Bertz CT molecular complexity index is 867. The summed E-state index contributed by atoms with van der Waals surface area (Å²) in [5, 5.41) is 9.21. The van der Waals surface area contributed by atoms with Crippen LogP contribution < -0.4 is 4.74 Å². The van der Waals surface area contributed by atoms with Crippen molar-refractivity contribution in [3.05, 3.63) is 64.0 Å². The Labute approximate surface area is 156 Å². The molecule has 3 rings (SSSR count). The molecule has 0 atom stereocenters. The molecule has 0 saturated heterocycles. The van der Waals surface area contributed by atoms with Crippen molar-refractivity contribution >= 4 is 23.2 Å². The lowest BCUT2D eigenvalue weighted by atomic mass is 10.2. The second-order valence-electron chi connectivity index (χ2n) is 5.61. The van der Waals surface area contributed by atoms with Gasteiger partial charge < -0.3 is 9.15 Å². The summed E-state index contributed by atoms with van der Waals surface area (Å²) in [6, 6.07) is 13.1. The Morgan fingerprint density at radius 3 is 2.64 bits per heavy atom. The number of nitrogens with zero attached hydrogens (tertiary/aromatic N) is 3. The van der Waals surface area contributed by atoms with E-state index in [1.807, 2.05) is 31.3 Å². The summed E-state index contributed by atoms with van der Waals surface area (Å²) in [6.07, 6.45) is 0. The van der Waals surface area contributed by atoms with E-state index in [4.69, 9.17) is 32.4 Å². The molecule has 5 nitrogen and oxygen atoms in total. The van der Waals surface area contributed by atoms with Gasteiger partial charge in [0.1, 0.15) is 5.75 Å². The number of rotatable bonds is 6. The summed E-state index contributed by atoms with van der Waals surface area (Å²) in [5.74, 6) is 1.74. The van der Waals surface area contributed by atoms with E-state index in [2.05, 4.69) is 15.1 Å². The third-order valence-corrected chi connectivity index (χ3v) is 4.21. The Morgan fingerprint density at radius 2 is 1.88 bits per heavy atom. The second-order valence-corrected chi connectivity index (χ2v) is 6.45. The standard InChI is InChI=1S/C18H17Cl2N3O2/c1-23(10-12-5-3-4-6-16(12)24-2)11-17-21-22-18(25-17)14-8-7-13(19)9-15(14)20/h3-9H,10-11H2,1-2H3. The van der Waals surface area contributed by atoms with Crippen LogP contribution in [-0.2, 0) is 13.1 Å². The summed E-state index contributed by atoms with van der Waals surface area (Å²) in [4.78, 5) is 2.07. The van der Waals surface area contributed by atoms with Crippen molar-refractivity contribution in [1.29, 1.82) is 0 Å². The van der Waals surface area contributed by atoms with Crippen LogP contribution in [0.3, 0.4) is 0 Å². The zero-order valence-corrected chi connectivity index (χ0v) is 15.4. The van der Waals surface area contributed by atoms with Crippen LogP contribution in [0.15, 0.2) is 46.9 Å². The van der Waals surface area contributed by atoms with Crippen LogP contribution in [0.4, 0.5) is 0 Å². The van der Waals surface area contributed by atoms with Crippen molar-refractivity contribution in [2.75, 3.05) is 14.2 Å². The summed E-state index contributed by atoms with van der Waals surface area (Å²) < 4.78 is 11.1. The average Bonchev–Trinajstić information content (AvgIpc) is 3.03. The molecule has 7 heteroatoms. The first kappa shape index (κ1) is 17.7. The van der Waals surface area contributed by atoms with Gasteiger partial charge in [0.25, 0.3) is 0 Å². The van der Waals surface area contributed by atoms with Crippen molar-refractivity contribution in [1.82, 2.24) is 15.1 Å². The first-order chi connectivity index (χ1) is 12.1. The highest BCUT2D eigenvalue weighted by Gasteiger charge is 2.14.